The third-order valence-corrected chi connectivity index (χ3v) is 8.64. The average Bonchev–Trinajstić information content (AvgIpc) is 3.01. The lowest BCUT2D eigenvalue weighted by Gasteiger charge is -2.16. The highest BCUT2D eigenvalue weighted by Crippen LogP contribution is 2.28. The fraction of sp³-hybridized carbons (Fsp3) is 0.500. The molecule has 0 bridgehead atoms. The van der Waals surface area contributed by atoms with Gasteiger partial charge >= 0.3 is 0 Å². The van der Waals surface area contributed by atoms with Gasteiger partial charge in [0.05, 0.1) is 0 Å². The lowest BCUT2D eigenvalue weighted by atomic mass is 9.91. The van der Waals surface area contributed by atoms with Crippen LogP contribution in [0.25, 0.3) is 11.1 Å². The van der Waals surface area contributed by atoms with Gasteiger partial charge in [-0.05, 0) is 91.0 Å². The number of hydrogen-bond acceptors (Lipinski definition) is 5. The Morgan fingerprint density at radius 1 is 0.605 bits per heavy atom. The molecule has 3 rings (SSSR count). The summed E-state index contributed by atoms with van der Waals surface area (Å²) < 4.78 is 0. The lowest BCUT2D eigenvalue weighted by Crippen LogP contribution is -2.05. The molecule has 0 aliphatic carbocycles. The zero-order valence-corrected chi connectivity index (χ0v) is 27.5. The number of anilines is 4. The number of hydrogen-bond donors (Lipinski definition) is 2. The summed E-state index contributed by atoms with van der Waals surface area (Å²) in [6, 6.07) is 16.8. The molecule has 43 heavy (non-hydrogen) atoms. The molecule has 2 unspecified atom stereocenters. The van der Waals surface area contributed by atoms with Crippen LogP contribution in [0.5, 0.6) is 0 Å². The maximum Gasteiger partial charge on any atom is 0.232 e. The van der Waals surface area contributed by atoms with E-state index in [4.69, 9.17) is 0 Å². The van der Waals surface area contributed by atoms with Crippen molar-refractivity contribution in [3.05, 3.63) is 78.6 Å². The second-order valence-electron chi connectivity index (χ2n) is 12.1. The predicted octanol–water partition coefficient (Wildman–Crippen LogP) is 11.7. The molecule has 2 N–H and O–H groups in total. The van der Waals surface area contributed by atoms with Crippen LogP contribution in [0.4, 0.5) is 23.3 Å². The molecule has 0 saturated heterocycles. The topological polar surface area (TPSA) is 62.7 Å². The first-order valence-electron chi connectivity index (χ1n) is 16.7. The molecular formula is C38H55N5. The van der Waals surface area contributed by atoms with E-state index < -0.39 is 0 Å². The molecular weight excluding hydrogens is 526 g/mol. The van der Waals surface area contributed by atoms with Crippen LogP contribution in [0, 0.1) is 18.8 Å². The molecule has 0 aliphatic heterocycles. The minimum absolute atomic E-state index is 0.516. The third-order valence-electron chi connectivity index (χ3n) is 8.64. The molecule has 232 valence electrons. The van der Waals surface area contributed by atoms with Gasteiger partial charge in [0.15, 0.2) is 0 Å². The fourth-order valence-electron chi connectivity index (χ4n) is 5.57. The zero-order chi connectivity index (χ0) is 31.0. The van der Waals surface area contributed by atoms with E-state index in [-0.39, 0.29) is 0 Å². The van der Waals surface area contributed by atoms with Crippen LogP contribution in [0.1, 0.15) is 122 Å². The molecule has 0 aliphatic rings. The molecule has 1 heterocycles. The predicted molar refractivity (Wildman–Crippen MR) is 187 cm³/mol. The van der Waals surface area contributed by atoms with Crippen molar-refractivity contribution in [1.82, 2.24) is 15.0 Å². The quantitative estimate of drug-likeness (QED) is 0.139. The van der Waals surface area contributed by atoms with Gasteiger partial charge in [-0.25, -0.2) is 0 Å². The molecule has 0 saturated carbocycles. The van der Waals surface area contributed by atoms with Crippen LogP contribution in [-0.2, 0) is 0 Å². The molecule has 2 aromatic carbocycles. The van der Waals surface area contributed by atoms with Gasteiger partial charge in [0.2, 0.25) is 11.9 Å². The molecule has 2 atom stereocenters. The molecule has 0 spiro atoms. The first-order valence-corrected chi connectivity index (χ1v) is 16.7. The van der Waals surface area contributed by atoms with E-state index in [9.17, 15) is 0 Å². The Hall–Kier alpha value is -3.47. The van der Waals surface area contributed by atoms with Crippen molar-refractivity contribution in [2.75, 3.05) is 10.6 Å². The Labute approximate surface area is 261 Å². The summed E-state index contributed by atoms with van der Waals surface area (Å²) in [6.07, 6.45) is 14.8. The summed E-state index contributed by atoms with van der Waals surface area (Å²) in [5, 5.41) is 6.68. The fourth-order valence-corrected chi connectivity index (χ4v) is 5.57. The van der Waals surface area contributed by atoms with Gasteiger partial charge < -0.3 is 10.6 Å². The van der Waals surface area contributed by atoms with E-state index in [0.29, 0.717) is 17.7 Å². The summed E-state index contributed by atoms with van der Waals surface area (Å²) in [6.45, 7) is 19.8. The highest BCUT2D eigenvalue weighted by atomic mass is 15.2. The van der Waals surface area contributed by atoms with Crippen LogP contribution in [0.15, 0.2) is 61.7 Å². The van der Waals surface area contributed by atoms with Crippen molar-refractivity contribution in [3.63, 3.8) is 0 Å². The van der Waals surface area contributed by atoms with Crippen molar-refractivity contribution in [1.29, 1.82) is 0 Å². The van der Waals surface area contributed by atoms with E-state index >= 15 is 0 Å². The van der Waals surface area contributed by atoms with Gasteiger partial charge in [0.25, 0.3) is 0 Å². The minimum Gasteiger partial charge on any atom is -0.324 e. The Morgan fingerprint density at radius 3 is 1.35 bits per heavy atom. The van der Waals surface area contributed by atoms with Gasteiger partial charge in [-0.15, -0.1) is 0 Å². The number of rotatable bonds is 20. The third kappa shape index (κ3) is 11.6. The van der Waals surface area contributed by atoms with E-state index in [2.05, 4.69) is 115 Å². The van der Waals surface area contributed by atoms with Crippen molar-refractivity contribution >= 4 is 34.4 Å². The number of benzene rings is 2. The first-order chi connectivity index (χ1) is 20.8. The number of nitrogens with one attached hydrogen (secondary N) is 2. The number of unbranched alkanes of at least 4 members (excludes halogenated alkanes) is 2. The van der Waals surface area contributed by atoms with E-state index in [0.717, 1.165) is 36.1 Å². The molecule has 1 aromatic heterocycles. The number of nitrogens with zero attached hydrogens (tertiary/aromatic N) is 3. The second-order valence-corrected chi connectivity index (χ2v) is 12.1. The molecule has 0 radical (unpaired) electrons. The smallest absolute Gasteiger partial charge is 0.232 e. The lowest BCUT2D eigenvalue weighted by molar-refractivity contribution is 0.427. The highest BCUT2D eigenvalue weighted by Gasteiger charge is 2.11. The van der Waals surface area contributed by atoms with Crippen LogP contribution in [0.2, 0.25) is 0 Å². The Morgan fingerprint density at radius 2 is 1.00 bits per heavy atom. The first kappa shape index (κ1) is 34.0. The maximum absolute atomic E-state index is 4.63. The van der Waals surface area contributed by atoms with E-state index in [1.165, 1.54) is 86.5 Å². The standard InChI is InChI=1S/C38H55N5/c1-8-12-14-31(10-3)18-16-28(5)33-20-24-35(25-21-33)41-37-39-30(7)40-38(43-37)42-36-26-22-34(23-27-36)29(6)17-19-32(11-4)15-13-9-2/h20-27,31-32H,5-6,8-19H2,1-4,7H3,(H2,39,40,41,42,43). The SMILES string of the molecule is C=C(CCC(CC)CCCC)c1ccc(Nc2nc(C)nc(Nc3ccc(C(=C)CCC(CC)CCCC)cc3)n2)cc1. The number of aromatic nitrogens is 3. The Balaban J connectivity index is 1.55. The van der Waals surface area contributed by atoms with Crippen molar-refractivity contribution < 1.29 is 0 Å². The minimum atomic E-state index is 0.516. The van der Waals surface area contributed by atoms with Crippen molar-refractivity contribution in [2.45, 2.75) is 112 Å². The molecule has 5 heteroatoms. The summed E-state index contributed by atoms with van der Waals surface area (Å²) in [5.74, 6) is 3.27. The Kier molecular flexibility index (Phi) is 14.4. The summed E-state index contributed by atoms with van der Waals surface area (Å²) >= 11 is 0. The molecule has 5 nitrogen and oxygen atoms in total. The van der Waals surface area contributed by atoms with Crippen molar-refractivity contribution in [2.24, 2.45) is 11.8 Å². The normalized spacial score (nSPS) is 12.5. The second kappa shape index (κ2) is 18.3. The molecule has 3 aromatic rings. The van der Waals surface area contributed by atoms with Gasteiger partial charge in [-0.1, -0.05) is 116 Å². The number of aryl methyl sites for hydroxylation is 1. The number of allylic oxidation sites excluding steroid dienone is 2. The van der Waals surface area contributed by atoms with Crippen molar-refractivity contribution in [3.8, 4) is 0 Å². The van der Waals surface area contributed by atoms with Crippen LogP contribution in [0.3, 0.4) is 0 Å². The largest absolute Gasteiger partial charge is 0.324 e. The van der Waals surface area contributed by atoms with Crippen LogP contribution >= 0.6 is 0 Å². The van der Waals surface area contributed by atoms with Gasteiger partial charge in [-0.3, -0.25) is 0 Å². The summed E-state index contributed by atoms with van der Waals surface area (Å²) in [7, 11) is 0. The van der Waals surface area contributed by atoms with Gasteiger partial charge in [0, 0.05) is 11.4 Å². The van der Waals surface area contributed by atoms with Crippen LogP contribution in [-0.4, -0.2) is 15.0 Å². The molecule has 0 fully saturated rings. The van der Waals surface area contributed by atoms with Gasteiger partial charge in [-0.2, -0.15) is 15.0 Å². The molecule has 0 amide bonds. The highest BCUT2D eigenvalue weighted by molar-refractivity contribution is 5.68. The van der Waals surface area contributed by atoms with E-state index in [1.54, 1.807) is 0 Å². The maximum atomic E-state index is 4.63. The summed E-state index contributed by atoms with van der Waals surface area (Å²) in [4.78, 5) is 13.6. The Bertz CT molecular complexity index is 1170. The van der Waals surface area contributed by atoms with Gasteiger partial charge in [0.1, 0.15) is 5.82 Å². The zero-order valence-electron chi connectivity index (χ0n) is 27.5. The summed E-state index contributed by atoms with van der Waals surface area (Å²) in [5.41, 5.74) is 6.66. The van der Waals surface area contributed by atoms with Crippen LogP contribution < -0.4 is 10.6 Å². The monoisotopic (exact) mass is 581 g/mol. The average molecular weight is 582 g/mol. The van der Waals surface area contributed by atoms with E-state index in [1.807, 2.05) is 6.92 Å².